The van der Waals surface area contributed by atoms with Crippen molar-refractivity contribution in [1.82, 2.24) is 5.32 Å². The number of hydrogen-bond acceptors (Lipinski definition) is 3. The molecule has 21 heavy (non-hydrogen) atoms. The van der Waals surface area contributed by atoms with Crippen LogP contribution in [0.25, 0.3) is 11.1 Å². The zero-order valence-corrected chi connectivity index (χ0v) is 13.3. The highest BCUT2D eigenvalue weighted by atomic mass is 35.5. The van der Waals surface area contributed by atoms with Gasteiger partial charge in [0.05, 0.1) is 19.8 Å². The van der Waals surface area contributed by atoms with Crippen LogP contribution in [0.4, 0.5) is 0 Å². The van der Waals surface area contributed by atoms with E-state index in [1.54, 1.807) is 14.2 Å². The second-order valence-corrected chi connectivity index (χ2v) is 5.04. The van der Waals surface area contributed by atoms with Crippen molar-refractivity contribution in [3.05, 3.63) is 47.0 Å². The summed E-state index contributed by atoms with van der Waals surface area (Å²) in [6, 6.07) is 11.8. The molecule has 0 unspecified atom stereocenters. The van der Waals surface area contributed by atoms with Gasteiger partial charge in [-0.15, -0.1) is 0 Å². The summed E-state index contributed by atoms with van der Waals surface area (Å²) in [7, 11) is 3.29. The van der Waals surface area contributed by atoms with Crippen molar-refractivity contribution in [3.63, 3.8) is 0 Å². The van der Waals surface area contributed by atoms with Crippen LogP contribution in [0.1, 0.15) is 12.5 Å². The predicted molar refractivity (Wildman–Crippen MR) is 87.4 cm³/mol. The summed E-state index contributed by atoms with van der Waals surface area (Å²) in [6.07, 6.45) is 0. The molecule has 0 bridgehead atoms. The second-order valence-electron chi connectivity index (χ2n) is 4.63. The lowest BCUT2D eigenvalue weighted by Crippen LogP contribution is -2.11. The summed E-state index contributed by atoms with van der Waals surface area (Å²) >= 11 is 6.46. The molecular formula is C17H20ClNO2. The Hall–Kier alpha value is -1.71. The molecule has 0 radical (unpaired) electrons. The summed E-state index contributed by atoms with van der Waals surface area (Å²) in [5, 5.41) is 3.98. The molecule has 2 aromatic rings. The third kappa shape index (κ3) is 3.49. The van der Waals surface area contributed by atoms with Crippen LogP contribution in [0.3, 0.4) is 0 Å². The van der Waals surface area contributed by atoms with Crippen LogP contribution in [0.15, 0.2) is 36.4 Å². The van der Waals surface area contributed by atoms with Crippen molar-refractivity contribution in [1.29, 1.82) is 0 Å². The van der Waals surface area contributed by atoms with Crippen molar-refractivity contribution in [2.75, 3.05) is 20.8 Å². The maximum absolute atomic E-state index is 6.46. The Bertz CT molecular complexity index is 591. The second kappa shape index (κ2) is 7.34. The van der Waals surface area contributed by atoms with Gasteiger partial charge in [-0.1, -0.05) is 36.7 Å². The highest BCUT2D eigenvalue weighted by Gasteiger charge is 2.15. The van der Waals surface area contributed by atoms with Crippen molar-refractivity contribution in [2.45, 2.75) is 13.5 Å². The molecule has 0 saturated carbocycles. The average Bonchev–Trinajstić information content (AvgIpc) is 2.52. The summed E-state index contributed by atoms with van der Waals surface area (Å²) in [5.74, 6) is 1.49. The molecule has 3 nitrogen and oxygen atoms in total. The third-order valence-electron chi connectivity index (χ3n) is 3.31. The fourth-order valence-corrected chi connectivity index (χ4v) is 2.55. The van der Waals surface area contributed by atoms with Gasteiger partial charge < -0.3 is 14.8 Å². The van der Waals surface area contributed by atoms with E-state index in [0.717, 1.165) is 41.3 Å². The van der Waals surface area contributed by atoms with E-state index in [-0.39, 0.29) is 0 Å². The van der Waals surface area contributed by atoms with Gasteiger partial charge in [0.15, 0.2) is 0 Å². The van der Waals surface area contributed by atoms with E-state index in [9.17, 15) is 0 Å². The van der Waals surface area contributed by atoms with Crippen LogP contribution >= 0.6 is 11.6 Å². The number of halogens is 1. The topological polar surface area (TPSA) is 30.5 Å². The Balaban J connectivity index is 2.47. The molecule has 0 amide bonds. The minimum atomic E-state index is 0.688. The minimum Gasteiger partial charge on any atom is -0.496 e. The molecule has 112 valence electrons. The molecule has 0 heterocycles. The van der Waals surface area contributed by atoms with Gasteiger partial charge in [0, 0.05) is 17.1 Å². The lowest BCUT2D eigenvalue weighted by atomic mass is 10.0. The molecule has 0 atom stereocenters. The van der Waals surface area contributed by atoms with E-state index >= 15 is 0 Å². The standard InChI is InChI=1S/C17H20ClNO2/c1-4-19-11-12-8-9-13(14(18)10-12)17-15(20-2)6-5-7-16(17)21-3/h5-10,19H,4,11H2,1-3H3. The van der Waals surface area contributed by atoms with Gasteiger partial charge in [-0.25, -0.2) is 0 Å². The summed E-state index contributed by atoms with van der Waals surface area (Å²) in [6.45, 7) is 3.81. The monoisotopic (exact) mass is 305 g/mol. The molecule has 0 spiro atoms. The van der Waals surface area contributed by atoms with Crippen molar-refractivity contribution in [2.24, 2.45) is 0 Å². The van der Waals surface area contributed by atoms with Gasteiger partial charge >= 0.3 is 0 Å². The largest absolute Gasteiger partial charge is 0.496 e. The van der Waals surface area contributed by atoms with Crippen molar-refractivity contribution < 1.29 is 9.47 Å². The van der Waals surface area contributed by atoms with E-state index in [0.29, 0.717) is 5.02 Å². The lowest BCUT2D eigenvalue weighted by Gasteiger charge is -2.15. The smallest absolute Gasteiger partial charge is 0.130 e. The van der Waals surface area contributed by atoms with E-state index in [1.165, 1.54) is 0 Å². The third-order valence-corrected chi connectivity index (χ3v) is 3.62. The Morgan fingerprint density at radius 2 is 1.71 bits per heavy atom. The molecule has 0 fully saturated rings. The molecule has 0 aliphatic carbocycles. The average molecular weight is 306 g/mol. The van der Waals surface area contributed by atoms with Crippen molar-refractivity contribution in [3.8, 4) is 22.6 Å². The molecule has 0 aliphatic heterocycles. The van der Waals surface area contributed by atoms with Crippen LogP contribution in [-0.2, 0) is 6.54 Å². The molecular weight excluding hydrogens is 286 g/mol. The number of benzene rings is 2. The van der Waals surface area contributed by atoms with Gasteiger partial charge in [0.1, 0.15) is 11.5 Å². The number of nitrogens with one attached hydrogen (secondary N) is 1. The van der Waals surface area contributed by atoms with Crippen molar-refractivity contribution >= 4 is 11.6 Å². The molecule has 4 heteroatoms. The number of rotatable bonds is 6. The minimum absolute atomic E-state index is 0.688. The van der Waals surface area contributed by atoms with E-state index in [1.807, 2.05) is 30.3 Å². The summed E-state index contributed by atoms with van der Waals surface area (Å²) in [4.78, 5) is 0. The first-order valence-corrected chi connectivity index (χ1v) is 7.29. The lowest BCUT2D eigenvalue weighted by molar-refractivity contribution is 0.397. The summed E-state index contributed by atoms with van der Waals surface area (Å²) < 4.78 is 10.9. The Morgan fingerprint density at radius 3 is 2.24 bits per heavy atom. The van der Waals surface area contributed by atoms with Crippen LogP contribution in [-0.4, -0.2) is 20.8 Å². The normalized spacial score (nSPS) is 10.5. The molecule has 2 rings (SSSR count). The zero-order chi connectivity index (χ0) is 15.2. The molecule has 0 aliphatic rings. The first-order valence-electron chi connectivity index (χ1n) is 6.91. The Labute approximate surface area is 130 Å². The molecule has 1 N–H and O–H groups in total. The van der Waals surface area contributed by atoms with Crippen LogP contribution < -0.4 is 14.8 Å². The first-order chi connectivity index (χ1) is 10.2. The molecule has 0 aromatic heterocycles. The fraction of sp³-hybridized carbons (Fsp3) is 0.294. The van der Waals surface area contributed by atoms with Crippen LogP contribution in [0, 0.1) is 0 Å². The van der Waals surface area contributed by atoms with Gasteiger partial charge in [-0.2, -0.15) is 0 Å². The molecule has 0 saturated heterocycles. The maximum atomic E-state index is 6.46. The van der Waals surface area contributed by atoms with Gasteiger partial charge in [-0.05, 0) is 30.3 Å². The SMILES string of the molecule is CCNCc1ccc(-c2c(OC)cccc2OC)c(Cl)c1. The highest BCUT2D eigenvalue weighted by Crippen LogP contribution is 2.41. The van der Waals surface area contributed by atoms with E-state index < -0.39 is 0 Å². The number of methoxy groups -OCH3 is 2. The van der Waals surface area contributed by atoms with E-state index in [4.69, 9.17) is 21.1 Å². The fourth-order valence-electron chi connectivity index (χ4n) is 2.26. The maximum Gasteiger partial charge on any atom is 0.130 e. The van der Waals surface area contributed by atoms with Gasteiger partial charge in [-0.3, -0.25) is 0 Å². The quantitative estimate of drug-likeness (QED) is 0.870. The van der Waals surface area contributed by atoms with Gasteiger partial charge in [0.2, 0.25) is 0 Å². The first kappa shape index (κ1) is 15.7. The highest BCUT2D eigenvalue weighted by molar-refractivity contribution is 6.33. The van der Waals surface area contributed by atoms with Crippen LogP contribution in [0.2, 0.25) is 5.02 Å². The number of ether oxygens (including phenoxy) is 2. The predicted octanol–water partition coefficient (Wildman–Crippen LogP) is 4.13. The van der Waals surface area contributed by atoms with Crippen LogP contribution in [0.5, 0.6) is 11.5 Å². The Kier molecular flexibility index (Phi) is 5.48. The van der Waals surface area contributed by atoms with Gasteiger partial charge in [0.25, 0.3) is 0 Å². The number of hydrogen-bond donors (Lipinski definition) is 1. The zero-order valence-electron chi connectivity index (χ0n) is 12.6. The molecule has 2 aromatic carbocycles. The Morgan fingerprint density at radius 1 is 1.05 bits per heavy atom. The summed E-state index contributed by atoms with van der Waals surface area (Å²) in [5.41, 5.74) is 2.94. The van der Waals surface area contributed by atoms with E-state index in [2.05, 4.69) is 18.3 Å².